The zero-order chi connectivity index (χ0) is 23.1. The number of carbonyl (C=O) groups excluding carboxylic acids is 1. The van der Waals surface area contributed by atoms with Gasteiger partial charge in [-0.15, -0.1) is 0 Å². The van der Waals surface area contributed by atoms with Crippen LogP contribution in [0.15, 0.2) is 44.4 Å². The van der Waals surface area contributed by atoms with Crippen LogP contribution in [0.25, 0.3) is 0 Å². The normalized spacial score (nSPS) is 17.8. The van der Waals surface area contributed by atoms with Crippen molar-refractivity contribution in [2.75, 3.05) is 12.4 Å². The molecule has 2 amide bonds. The molecule has 1 fully saturated rings. The predicted molar refractivity (Wildman–Crippen MR) is 107 cm³/mol. The van der Waals surface area contributed by atoms with E-state index in [0.29, 0.717) is 9.21 Å². The molecule has 3 rings (SSSR count). The van der Waals surface area contributed by atoms with Crippen LogP contribution >= 0.6 is 0 Å². The second kappa shape index (κ2) is 7.98. The van der Waals surface area contributed by atoms with Gasteiger partial charge in [-0.25, -0.2) is 22.3 Å². The molecule has 31 heavy (non-hydrogen) atoms. The first-order valence-corrected chi connectivity index (χ1v) is 12.0. The van der Waals surface area contributed by atoms with Gasteiger partial charge in [0.25, 0.3) is 20.1 Å². The summed E-state index contributed by atoms with van der Waals surface area (Å²) in [6, 6.07) is 3.92. The van der Waals surface area contributed by atoms with E-state index in [1.807, 2.05) is 0 Å². The molecule has 1 aliphatic rings. The van der Waals surface area contributed by atoms with Crippen LogP contribution in [0.5, 0.6) is 5.75 Å². The van der Waals surface area contributed by atoms with Gasteiger partial charge in [-0.3, -0.25) is 4.55 Å². The number of aryl methyl sites for hydroxylation is 2. The topological polar surface area (TPSA) is 162 Å². The van der Waals surface area contributed by atoms with E-state index in [2.05, 4.69) is 0 Å². The second-order valence-electron chi connectivity index (χ2n) is 7.12. The fourth-order valence-electron chi connectivity index (χ4n) is 3.35. The standard InChI is InChI=1S/C18H20N2O9S2/c1-11-3-5-13(6-4-11)31(27,28)20-14(16-15(21)9-12(2)29-17(16)22)7-8-19(18(20)23)10-30(24,25)26/h3-6,9,14,21H,7-8,10H2,1-2H3,(H,24,25,26). The minimum absolute atomic E-state index is 0.0781. The summed E-state index contributed by atoms with van der Waals surface area (Å²) in [7, 11) is -9.23. The Morgan fingerprint density at radius 1 is 1.10 bits per heavy atom. The third-order valence-electron chi connectivity index (χ3n) is 4.73. The van der Waals surface area contributed by atoms with Crippen molar-refractivity contribution >= 4 is 26.2 Å². The van der Waals surface area contributed by atoms with Gasteiger partial charge in [0.2, 0.25) is 0 Å². The van der Waals surface area contributed by atoms with Crippen molar-refractivity contribution in [2.24, 2.45) is 0 Å². The maximum absolute atomic E-state index is 13.3. The third-order valence-corrected chi connectivity index (χ3v) is 7.17. The summed E-state index contributed by atoms with van der Waals surface area (Å²) in [6.45, 7) is 2.84. The van der Waals surface area contributed by atoms with Crippen molar-refractivity contribution in [3.05, 3.63) is 57.6 Å². The Balaban J connectivity index is 2.18. The van der Waals surface area contributed by atoms with Gasteiger partial charge in [0, 0.05) is 12.6 Å². The highest BCUT2D eigenvalue weighted by Crippen LogP contribution is 2.37. The second-order valence-corrected chi connectivity index (χ2v) is 10.4. The largest absolute Gasteiger partial charge is 0.507 e. The minimum atomic E-state index is -4.65. The Kier molecular flexibility index (Phi) is 5.86. The van der Waals surface area contributed by atoms with Crippen LogP contribution in [0.1, 0.15) is 29.3 Å². The Hall–Kier alpha value is -2.90. The van der Waals surface area contributed by atoms with Crippen LogP contribution in [-0.2, 0) is 20.1 Å². The zero-order valence-corrected chi connectivity index (χ0v) is 18.2. The molecule has 0 radical (unpaired) electrons. The molecule has 1 saturated heterocycles. The van der Waals surface area contributed by atoms with Gasteiger partial charge in [-0.1, -0.05) is 17.7 Å². The van der Waals surface area contributed by atoms with Gasteiger partial charge in [-0.2, -0.15) is 8.42 Å². The fourth-order valence-corrected chi connectivity index (χ4v) is 5.56. The van der Waals surface area contributed by atoms with E-state index in [4.69, 9.17) is 8.97 Å². The maximum Gasteiger partial charge on any atom is 0.345 e. The summed E-state index contributed by atoms with van der Waals surface area (Å²) < 4.78 is 63.7. The van der Waals surface area contributed by atoms with Crippen LogP contribution in [0.3, 0.4) is 0 Å². The van der Waals surface area contributed by atoms with E-state index in [1.54, 1.807) is 6.92 Å². The zero-order valence-electron chi connectivity index (χ0n) is 16.5. The number of benzene rings is 1. The molecular weight excluding hydrogens is 452 g/mol. The summed E-state index contributed by atoms with van der Waals surface area (Å²) in [5.41, 5.74) is -0.714. The van der Waals surface area contributed by atoms with E-state index in [-0.39, 0.29) is 23.6 Å². The molecule has 1 aliphatic heterocycles. The van der Waals surface area contributed by atoms with Crippen LogP contribution in [0, 0.1) is 13.8 Å². The molecule has 11 nitrogen and oxygen atoms in total. The summed E-state index contributed by atoms with van der Waals surface area (Å²) in [5.74, 6) is -1.61. The molecule has 2 aromatic rings. The van der Waals surface area contributed by atoms with Gasteiger partial charge in [-0.05, 0) is 32.4 Å². The molecular formula is C18H20N2O9S2. The van der Waals surface area contributed by atoms with Crippen LogP contribution < -0.4 is 5.63 Å². The first kappa shape index (κ1) is 22.8. The average molecular weight is 472 g/mol. The molecule has 0 bridgehead atoms. The summed E-state index contributed by atoms with van der Waals surface area (Å²) in [4.78, 5) is 25.8. The summed E-state index contributed by atoms with van der Waals surface area (Å²) >= 11 is 0. The fraction of sp³-hybridized carbons (Fsp3) is 0.333. The van der Waals surface area contributed by atoms with E-state index in [0.717, 1.165) is 11.6 Å². The molecule has 1 atom stereocenters. The van der Waals surface area contributed by atoms with Gasteiger partial charge >= 0.3 is 11.7 Å². The first-order valence-electron chi connectivity index (χ1n) is 9.00. The van der Waals surface area contributed by atoms with Crippen molar-refractivity contribution < 1.29 is 35.7 Å². The Morgan fingerprint density at radius 2 is 1.71 bits per heavy atom. The van der Waals surface area contributed by atoms with E-state index in [9.17, 15) is 31.5 Å². The molecule has 1 aromatic carbocycles. The number of rotatable bonds is 5. The third kappa shape index (κ3) is 4.57. The number of carbonyl (C=O) groups is 1. The molecule has 0 aliphatic carbocycles. The monoisotopic (exact) mass is 472 g/mol. The summed E-state index contributed by atoms with van der Waals surface area (Å²) in [5, 5.41) is 10.3. The smallest absolute Gasteiger partial charge is 0.345 e. The van der Waals surface area contributed by atoms with Crippen LogP contribution in [0.4, 0.5) is 4.79 Å². The molecule has 2 heterocycles. The highest BCUT2D eigenvalue weighted by atomic mass is 32.2. The number of hydrogen-bond acceptors (Lipinski definition) is 8. The lowest BCUT2D eigenvalue weighted by molar-refractivity contribution is 0.143. The highest BCUT2D eigenvalue weighted by Gasteiger charge is 2.45. The maximum atomic E-state index is 13.3. The van der Waals surface area contributed by atoms with Gasteiger partial charge in [0.1, 0.15) is 22.9 Å². The van der Waals surface area contributed by atoms with Crippen molar-refractivity contribution in [2.45, 2.75) is 31.2 Å². The number of aromatic hydroxyl groups is 1. The molecule has 13 heteroatoms. The average Bonchev–Trinajstić information content (AvgIpc) is 2.62. The van der Waals surface area contributed by atoms with Crippen LogP contribution in [0.2, 0.25) is 0 Å². The quantitative estimate of drug-likeness (QED) is 0.612. The predicted octanol–water partition coefficient (Wildman–Crippen LogP) is 1.37. The molecule has 0 spiro atoms. The Bertz CT molecular complexity index is 1280. The lowest BCUT2D eigenvalue weighted by Crippen LogP contribution is -2.54. The number of amides is 2. The summed E-state index contributed by atoms with van der Waals surface area (Å²) in [6.07, 6.45) is -0.228. The van der Waals surface area contributed by atoms with E-state index in [1.165, 1.54) is 31.2 Å². The van der Waals surface area contributed by atoms with Crippen molar-refractivity contribution in [3.8, 4) is 5.75 Å². The number of urea groups is 1. The van der Waals surface area contributed by atoms with Crippen molar-refractivity contribution in [3.63, 3.8) is 0 Å². The Labute approximate surface area is 178 Å². The number of sulfonamides is 1. The van der Waals surface area contributed by atoms with Gasteiger partial charge in [0.05, 0.1) is 10.9 Å². The van der Waals surface area contributed by atoms with E-state index >= 15 is 0 Å². The molecule has 2 N–H and O–H groups in total. The van der Waals surface area contributed by atoms with Gasteiger partial charge in [0.15, 0.2) is 0 Å². The van der Waals surface area contributed by atoms with Crippen molar-refractivity contribution in [1.82, 2.24) is 9.21 Å². The number of hydrogen-bond donors (Lipinski definition) is 2. The first-order chi connectivity index (χ1) is 14.3. The van der Waals surface area contributed by atoms with E-state index < -0.39 is 55.0 Å². The SMILES string of the molecule is Cc1ccc(S(=O)(=O)N2C(=O)N(CS(=O)(=O)O)CCC2c2c(O)cc(C)oc2=O)cc1. The molecule has 0 saturated carbocycles. The highest BCUT2D eigenvalue weighted by molar-refractivity contribution is 7.89. The molecule has 1 unspecified atom stereocenters. The molecule has 1 aromatic heterocycles. The molecule has 168 valence electrons. The lowest BCUT2D eigenvalue weighted by Gasteiger charge is -2.39. The van der Waals surface area contributed by atoms with Crippen LogP contribution in [-0.4, -0.2) is 54.2 Å². The van der Waals surface area contributed by atoms with Gasteiger partial charge < -0.3 is 14.4 Å². The lowest BCUT2D eigenvalue weighted by atomic mass is 10.0. The van der Waals surface area contributed by atoms with Crippen molar-refractivity contribution in [1.29, 1.82) is 0 Å². The Morgan fingerprint density at radius 3 is 2.26 bits per heavy atom. The number of nitrogens with zero attached hydrogens (tertiary/aromatic N) is 2. The minimum Gasteiger partial charge on any atom is -0.507 e.